The highest BCUT2D eigenvalue weighted by molar-refractivity contribution is 7.61. The van der Waals surface area contributed by atoms with Crippen LogP contribution in [0.5, 0.6) is 0 Å². The van der Waals surface area contributed by atoms with Crippen molar-refractivity contribution in [2.45, 2.75) is 6.92 Å². The van der Waals surface area contributed by atoms with Gasteiger partial charge in [0.25, 0.3) is 0 Å². The second-order valence-corrected chi connectivity index (χ2v) is 4.42. The van der Waals surface area contributed by atoms with E-state index in [9.17, 15) is 9.13 Å². The molecule has 0 fully saturated rings. The van der Waals surface area contributed by atoms with Gasteiger partial charge in [-0.05, 0) is 6.92 Å². The standard InChI is InChI=1S/C2H8O9P2/c1-2-8-10-13(6,7)11-12(4,5)9-3/h3H,2H2,1H3,(H,4,5)(H,6,7). The predicted octanol–water partition coefficient (Wildman–Crippen LogP) is 0.661. The molecule has 0 saturated carbocycles. The van der Waals surface area contributed by atoms with Crippen LogP contribution < -0.4 is 0 Å². The Hall–Kier alpha value is 0.180. The molecule has 0 aromatic rings. The summed E-state index contributed by atoms with van der Waals surface area (Å²) in [6.07, 6.45) is 0. The minimum absolute atomic E-state index is 0.0797. The van der Waals surface area contributed by atoms with Crippen LogP contribution in [0.25, 0.3) is 0 Å². The third-order valence-corrected chi connectivity index (χ3v) is 2.73. The van der Waals surface area contributed by atoms with Crippen molar-refractivity contribution in [1.29, 1.82) is 0 Å². The zero-order valence-electron chi connectivity index (χ0n) is 6.39. The molecule has 0 aliphatic carbocycles. The largest absolute Gasteiger partial charge is 0.508 e. The number of phosphoric acid groups is 2. The van der Waals surface area contributed by atoms with Gasteiger partial charge in [0.1, 0.15) is 0 Å². The van der Waals surface area contributed by atoms with Gasteiger partial charge < -0.3 is 9.79 Å². The lowest BCUT2D eigenvalue weighted by atomic mass is 10.9. The van der Waals surface area contributed by atoms with E-state index in [-0.39, 0.29) is 6.61 Å². The summed E-state index contributed by atoms with van der Waals surface area (Å²) in [6, 6.07) is 0. The molecule has 0 aliphatic rings. The molecule has 0 rings (SSSR count). The molecule has 0 heterocycles. The molecule has 9 nitrogen and oxygen atoms in total. The molecule has 2 atom stereocenters. The first-order chi connectivity index (χ1) is 5.83. The quantitative estimate of drug-likeness (QED) is 0.346. The third-order valence-electron chi connectivity index (χ3n) is 0.574. The van der Waals surface area contributed by atoms with E-state index >= 15 is 0 Å². The summed E-state index contributed by atoms with van der Waals surface area (Å²) >= 11 is 0. The van der Waals surface area contributed by atoms with Gasteiger partial charge in [0, 0.05) is 0 Å². The van der Waals surface area contributed by atoms with E-state index in [1.54, 1.807) is 0 Å². The highest BCUT2D eigenvalue weighted by atomic mass is 31.3. The molecule has 2 unspecified atom stereocenters. The number of hydrogen-bond acceptors (Lipinski definition) is 7. The molecular weight excluding hydrogens is 230 g/mol. The Morgan fingerprint density at radius 3 is 2.15 bits per heavy atom. The van der Waals surface area contributed by atoms with Crippen LogP contribution in [0.3, 0.4) is 0 Å². The van der Waals surface area contributed by atoms with Crippen molar-refractivity contribution in [3.8, 4) is 0 Å². The van der Waals surface area contributed by atoms with Crippen LogP contribution in [0.4, 0.5) is 0 Å². The fourth-order valence-electron chi connectivity index (χ4n) is 0.278. The van der Waals surface area contributed by atoms with E-state index in [0.717, 1.165) is 0 Å². The van der Waals surface area contributed by atoms with Crippen LogP contribution in [0.2, 0.25) is 0 Å². The smallest absolute Gasteiger partial charge is 0.301 e. The van der Waals surface area contributed by atoms with Crippen LogP contribution in [-0.4, -0.2) is 21.7 Å². The summed E-state index contributed by atoms with van der Waals surface area (Å²) in [6.45, 7) is 1.35. The van der Waals surface area contributed by atoms with Gasteiger partial charge in [0.05, 0.1) is 6.61 Å². The fourth-order valence-corrected chi connectivity index (χ4v) is 1.79. The van der Waals surface area contributed by atoms with E-state index in [1.165, 1.54) is 6.92 Å². The van der Waals surface area contributed by atoms with Gasteiger partial charge in [-0.3, -0.25) is 0 Å². The summed E-state index contributed by atoms with van der Waals surface area (Å²) in [5.74, 6) is 0. The minimum atomic E-state index is -5.00. The summed E-state index contributed by atoms with van der Waals surface area (Å²) in [4.78, 5) is 20.9. The minimum Gasteiger partial charge on any atom is -0.301 e. The fraction of sp³-hybridized carbons (Fsp3) is 1.00. The van der Waals surface area contributed by atoms with Gasteiger partial charge in [0.15, 0.2) is 0 Å². The monoisotopic (exact) mass is 238 g/mol. The molecule has 0 spiro atoms. The van der Waals surface area contributed by atoms with Gasteiger partial charge in [-0.1, -0.05) is 0 Å². The van der Waals surface area contributed by atoms with E-state index in [2.05, 4.69) is 18.5 Å². The van der Waals surface area contributed by atoms with E-state index < -0.39 is 15.6 Å². The number of hydrogen-bond donors (Lipinski definition) is 3. The summed E-state index contributed by atoms with van der Waals surface area (Å²) in [5.41, 5.74) is 0. The van der Waals surface area contributed by atoms with E-state index in [0.29, 0.717) is 0 Å². The highest BCUT2D eigenvalue weighted by Gasteiger charge is 2.36. The van der Waals surface area contributed by atoms with Crippen LogP contribution in [-0.2, 0) is 27.7 Å². The molecule has 0 aromatic carbocycles. The van der Waals surface area contributed by atoms with Gasteiger partial charge in [0.2, 0.25) is 0 Å². The maximum absolute atomic E-state index is 10.6. The van der Waals surface area contributed by atoms with Crippen molar-refractivity contribution < 1.29 is 42.7 Å². The molecule has 0 saturated heterocycles. The maximum Gasteiger partial charge on any atom is 0.508 e. The summed E-state index contributed by atoms with van der Waals surface area (Å²) in [7, 11) is -9.87. The second kappa shape index (κ2) is 5.16. The Kier molecular flexibility index (Phi) is 5.23. The second-order valence-electron chi connectivity index (χ2n) is 1.58. The topological polar surface area (TPSA) is 132 Å². The van der Waals surface area contributed by atoms with Gasteiger partial charge in [-0.2, -0.15) is 4.31 Å². The molecule has 0 amide bonds. The maximum atomic E-state index is 10.6. The Morgan fingerprint density at radius 2 is 1.77 bits per heavy atom. The van der Waals surface area contributed by atoms with Crippen molar-refractivity contribution in [3.05, 3.63) is 0 Å². The Bertz CT molecular complexity index is 236. The lowest BCUT2D eigenvalue weighted by Gasteiger charge is -2.11. The molecule has 0 bridgehead atoms. The SMILES string of the molecule is CCOOP(=O)(O)OP(=O)(O)OO. The van der Waals surface area contributed by atoms with Gasteiger partial charge >= 0.3 is 15.6 Å². The lowest BCUT2D eigenvalue weighted by molar-refractivity contribution is -0.219. The Labute approximate surface area is 72.9 Å². The summed E-state index contributed by atoms with van der Waals surface area (Å²) in [5, 5.41) is 7.72. The number of rotatable bonds is 6. The van der Waals surface area contributed by atoms with Crippen molar-refractivity contribution in [1.82, 2.24) is 0 Å². The van der Waals surface area contributed by atoms with Gasteiger partial charge in [-0.15, -0.1) is 9.35 Å². The molecule has 0 aromatic heterocycles. The average Bonchev–Trinajstić information content (AvgIpc) is 1.99. The molecule has 11 heteroatoms. The predicted molar refractivity (Wildman–Crippen MR) is 37.2 cm³/mol. The first-order valence-electron chi connectivity index (χ1n) is 2.84. The first-order valence-corrected chi connectivity index (χ1v) is 5.83. The lowest BCUT2D eigenvalue weighted by Crippen LogP contribution is -1.96. The third kappa shape index (κ3) is 6.28. The van der Waals surface area contributed by atoms with Crippen LogP contribution >= 0.6 is 15.6 Å². The first kappa shape index (κ1) is 13.2. The molecule has 3 N–H and O–H groups in total. The molecule has 13 heavy (non-hydrogen) atoms. The molecule has 0 radical (unpaired) electrons. The van der Waals surface area contributed by atoms with Gasteiger partial charge in [-0.25, -0.2) is 19.3 Å². The molecule has 80 valence electrons. The highest BCUT2D eigenvalue weighted by Crippen LogP contribution is 2.59. The Balaban J connectivity index is 4.17. The van der Waals surface area contributed by atoms with Crippen LogP contribution in [0.1, 0.15) is 6.92 Å². The van der Waals surface area contributed by atoms with Crippen molar-refractivity contribution in [2.75, 3.05) is 6.61 Å². The molecule has 0 aliphatic heterocycles. The van der Waals surface area contributed by atoms with Crippen LogP contribution in [0.15, 0.2) is 0 Å². The van der Waals surface area contributed by atoms with E-state index in [4.69, 9.17) is 15.0 Å². The zero-order valence-corrected chi connectivity index (χ0v) is 8.18. The van der Waals surface area contributed by atoms with Crippen molar-refractivity contribution >= 4 is 15.6 Å². The van der Waals surface area contributed by atoms with Crippen molar-refractivity contribution in [2.24, 2.45) is 0 Å². The average molecular weight is 238 g/mol. The van der Waals surface area contributed by atoms with E-state index in [1.807, 2.05) is 0 Å². The van der Waals surface area contributed by atoms with Crippen molar-refractivity contribution in [3.63, 3.8) is 0 Å². The molecular formula is C2H8O9P2. The van der Waals surface area contributed by atoms with Crippen LogP contribution in [0, 0.1) is 0 Å². The Morgan fingerprint density at radius 1 is 1.23 bits per heavy atom. The normalized spacial score (nSPS) is 20.6. The summed E-state index contributed by atoms with van der Waals surface area (Å²) < 4.78 is 31.0. The zero-order chi connectivity index (χ0) is 10.5.